The Labute approximate surface area is 142 Å². The van der Waals surface area contributed by atoms with Gasteiger partial charge in [0, 0.05) is 6.42 Å². The first-order valence-corrected chi connectivity index (χ1v) is 10.0. The largest absolute Gasteiger partial charge is 0.376 e. The highest BCUT2D eigenvalue weighted by molar-refractivity contribution is 9.09. The SMILES string of the molecule is CCCCCCCCCCCC[N+](C)(C)C(CC)C(O)Br. The summed E-state index contributed by atoms with van der Waals surface area (Å²) in [6.45, 7) is 5.60. The van der Waals surface area contributed by atoms with E-state index in [1.54, 1.807) is 0 Å². The summed E-state index contributed by atoms with van der Waals surface area (Å²) in [5, 5.41) is 9.42. The molecule has 3 heteroatoms. The number of aliphatic hydroxyl groups excluding tert-OH is 1. The monoisotopic (exact) mass is 364 g/mol. The van der Waals surface area contributed by atoms with Crippen molar-refractivity contribution in [1.82, 2.24) is 0 Å². The molecule has 0 bridgehead atoms. The quantitative estimate of drug-likeness (QED) is 0.246. The number of nitrogens with zero attached hydrogens (tertiary/aromatic N) is 1. The van der Waals surface area contributed by atoms with Crippen molar-refractivity contribution in [3.05, 3.63) is 0 Å². The van der Waals surface area contributed by atoms with Crippen LogP contribution in [0.1, 0.15) is 84.5 Å². The van der Waals surface area contributed by atoms with E-state index in [-0.39, 0.29) is 5.01 Å². The molecule has 128 valence electrons. The molecule has 2 nitrogen and oxygen atoms in total. The average molecular weight is 365 g/mol. The highest BCUT2D eigenvalue weighted by Crippen LogP contribution is 2.20. The van der Waals surface area contributed by atoms with Gasteiger partial charge >= 0.3 is 0 Å². The van der Waals surface area contributed by atoms with Gasteiger partial charge in [-0.1, -0.05) is 81.1 Å². The third-order valence-corrected chi connectivity index (χ3v) is 5.33. The normalized spacial score (nSPS) is 15.1. The van der Waals surface area contributed by atoms with E-state index < -0.39 is 0 Å². The molecule has 0 aliphatic carbocycles. The molecule has 0 spiro atoms. The van der Waals surface area contributed by atoms with Gasteiger partial charge in [0.25, 0.3) is 0 Å². The van der Waals surface area contributed by atoms with Crippen LogP contribution < -0.4 is 0 Å². The fourth-order valence-electron chi connectivity index (χ4n) is 3.19. The van der Waals surface area contributed by atoms with E-state index in [1.165, 1.54) is 64.2 Å². The van der Waals surface area contributed by atoms with Crippen LogP contribution in [0, 0.1) is 0 Å². The Balaban J connectivity index is 3.57. The predicted molar refractivity (Wildman–Crippen MR) is 97.8 cm³/mol. The Morgan fingerprint density at radius 1 is 0.810 bits per heavy atom. The molecule has 0 saturated carbocycles. The van der Waals surface area contributed by atoms with E-state index in [2.05, 4.69) is 43.9 Å². The number of aliphatic hydroxyl groups is 1. The van der Waals surface area contributed by atoms with Crippen LogP contribution >= 0.6 is 15.9 Å². The summed E-state index contributed by atoms with van der Waals surface area (Å²) < 4.78 is 0.917. The first-order valence-electron chi connectivity index (χ1n) is 9.10. The molecule has 2 unspecified atom stereocenters. The van der Waals surface area contributed by atoms with Crippen molar-refractivity contribution in [1.29, 1.82) is 0 Å². The Morgan fingerprint density at radius 3 is 1.62 bits per heavy atom. The first-order chi connectivity index (χ1) is 9.95. The van der Waals surface area contributed by atoms with Crippen LogP contribution in [0.2, 0.25) is 0 Å². The molecule has 21 heavy (non-hydrogen) atoms. The van der Waals surface area contributed by atoms with Crippen molar-refractivity contribution in [3.8, 4) is 0 Å². The zero-order valence-corrected chi connectivity index (χ0v) is 16.5. The lowest BCUT2D eigenvalue weighted by atomic mass is 10.1. The van der Waals surface area contributed by atoms with Crippen molar-refractivity contribution in [2.45, 2.75) is 95.5 Å². The lowest BCUT2D eigenvalue weighted by molar-refractivity contribution is -0.917. The molecular weight excluding hydrogens is 326 g/mol. The maximum absolute atomic E-state index is 9.81. The number of halogens is 1. The number of hydrogen-bond acceptors (Lipinski definition) is 1. The van der Waals surface area contributed by atoms with Crippen LogP contribution in [0.5, 0.6) is 0 Å². The van der Waals surface area contributed by atoms with Crippen molar-refractivity contribution in [2.24, 2.45) is 0 Å². The molecule has 2 atom stereocenters. The standard InChI is InChI=1S/C18H39BrNO/c1-5-7-8-9-10-11-12-13-14-15-16-20(3,4)17(6-2)18(19)21/h17-18,21H,5-16H2,1-4H3/q+1. The lowest BCUT2D eigenvalue weighted by Crippen LogP contribution is -2.53. The fraction of sp³-hybridized carbons (Fsp3) is 1.00. The minimum absolute atomic E-state index is 0.295. The highest BCUT2D eigenvalue weighted by Gasteiger charge is 2.31. The van der Waals surface area contributed by atoms with Gasteiger partial charge in [0.1, 0.15) is 6.04 Å². The number of unbranched alkanes of at least 4 members (excludes halogenated alkanes) is 9. The molecule has 0 heterocycles. The van der Waals surface area contributed by atoms with Crippen molar-refractivity contribution in [2.75, 3.05) is 20.6 Å². The van der Waals surface area contributed by atoms with Crippen LogP contribution in [0.4, 0.5) is 0 Å². The third kappa shape index (κ3) is 10.7. The van der Waals surface area contributed by atoms with E-state index >= 15 is 0 Å². The third-order valence-electron chi connectivity index (χ3n) is 4.72. The number of alkyl halides is 1. The second-order valence-electron chi connectivity index (χ2n) is 7.03. The van der Waals surface area contributed by atoms with Crippen LogP contribution in [0.3, 0.4) is 0 Å². The Kier molecular flexibility index (Phi) is 13.1. The number of hydrogen-bond donors (Lipinski definition) is 1. The second-order valence-corrected chi connectivity index (χ2v) is 7.97. The van der Waals surface area contributed by atoms with Gasteiger partial charge in [-0.15, -0.1) is 0 Å². The van der Waals surface area contributed by atoms with Gasteiger partial charge in [0.05, 0.1) is 20.6 Å². The van der Waals surface area contributed by atoms with Gasteiger partial charge in [-0.25, -0.2) is 0 Å². The molecule has 0 aromatic carbocycles. The molecule has 0 radical (unpaired) electrons. The molecule has 0 amide bonds. The molecule has 0 saturated heterocycles. The van der Waals surface area contributed by atoms with Gasteiger partial charge in [0.2, 0.25) is 0 Å². The maximum Gasteiger partial charge on any atom is 0.160 e. The number of likely N-dealkylation sites (N-methyl/N-ethyl adjacent to an activating group) is 1. The molecular formula is C18H39BrNO+. The summed E-state index contributed by atoms with van der Waals surface area (Å²) in [6.07, 6.45) is 14.9. The summed E-state index contributed by atoms with van der Waals surface area (Å²) >= 11 is 3.35. The van der Waals surface area contributed by atoms with Gasteiger partial charge in [-0.2, -0.15) is 0 Å². The maximum atomic E-state index is 9.81. The topological polar surface area (TPSA) is 20.2 Å². The Morgan fingerprint density at radius 2 is 1.24 bits per heavy atom. The van der Waals surface area contributed by atoms with E-state index in [0.29, 0.717) is 6.04 Å². The molecule has 1 N–H and O–H groups in total. The van der Waals surface area contributed by atoms with E-state index in [4.69, 9.17) is 0 Å². The van der Waals surface area contributed by atoms with Crippen LogP contribution in [0.25, 0.3) is 0 Å². The fourth-order valence-corrected chi connectivity index (χ4v) is 4.21. The molecule has 0 aliphatic heterocycles. The van der Waals surface area contributed by atoms with Crippen molar-refractivity contribution in [3.63, 3.8) is 0 Å². The molecule has 0 aliphatic rings. The summed E-state index contributed by atoms with van der Waals surface area (Å²) in [7, 11) is 4.48. The average Bonchev–Trinajstić information content (AvgIpc) is 2.40. The zero-order chi connectivity index (χ0) is 16.1. The minimum atomic E-state index is -0.388. The van der Waals surface area contributed by atoms with E-state index in [1.807, 2.05) is 0 Å². The summed E-state index contributed by atoms with van der Waals surface area (Å²) in [6, 6.07) is 0.295. The van der Waals surface area contributed by atoms with Crippen molar-refractivity contribution >= 4 is 15.9 Å². The summed E-state index contributed by atoms with van der Waals surface area (Å²) in [5.41, 5.74) is 0. The second kappa shape index (κ2) is 12.9. The summed E-state index contributed by atoms with van der Waals surface area (Å²) in [5.74, 6) is 0. The number of rotatable bonds is 14. The van der Waals surface area contributed by atoms with E-state index in [0.717, 1.165) is 17.4 Å². The smallest absolute Gasteiger partial charge is 0.160 e. The predicted octanol–water partition coefficient (Wildman–Crippen LogP) is 5.48. The molecule has 0 aromatic rings. The van der Waals surface area contributed by atoms with Crippen LogP contribution in [-0.4, -0.2) is 41.3 Å². The van der Waals surface area contributed by atoms with Gasteiger partial charge in [-0.3, -0.25) is 0 Å². The highest BCUT2D eigenvalue weighted by atomic mass is 79.9. The van der Waals surface area contributed by atoms with Crippen LogP contribution in [0.15, 0.2) is 0 Å². The van der Waals surface area contributed by atoms with Gasteiger partial charge < -0.3 is 9.59 Å². The van der Waals surface area contributed by atoms with Gasteiger partial charge in [-0.05, 0) is 12.8 Å². The van der Waals surface area contributed by atoms with Crippen LogP contribution in [-0.2, 0) is 0 Å². The molecule has 0 rings (SSSR count). The zero-order valence-electron chi connectivity index (χ0n) is 14.9. The molecule has 0 aromatic heterocycles. The van der Waals surface area contributed by atoms with Crippen molar-refractivity contribution < 1.29 is 9.59 Å². The Hall–Kier alpha value is 0.400. The minimum Gasteiger partial charge on any atom is -0.376 e. The first kappa shape index (κ1) is 21.4. The number of quaternary nitrogens is 1. The summed E-state index contributed by atoms with van der Waals surface area (Å²) in [4.78, 5) is 0. The van der Waals surface area contributed by atoms with E-state index in [9.17, 15) is 5.11 Å². The molecule has 0 fully saturated rings. The van der Waals surface area contributed by atoms with Gasteiger partial charge in [0.15, 0.2) is 5.01 Å². The Bertz CT molecular complexity index is 231. The lowest BCUT2D eigenvalue weighted by Gasteiger charge is -2.38.